The van der Waals surface area contributed by atoms with Crippen molar-refractivity contribution in [1.29, 1.82) is 0 Å². The van der Waals surface area contributed by atoms with Crippen LogP contribution in [-0.2, 0) is 10.7 Å². The minimum absolute atomic E-state index is 0.0560. The Kier molecular flexibility index (Phi) is 4.44. The quantitative estimate of drug-likeness (QED) is 0.875. The van der Waals surface area contributed by atoms with E-state index in [1.165, 1.54) is 38.1 Å². The summed E-state index contributed by atoms with van der Waals surface area (Å²) in [5, 5.41) is 0. The number of nitrogens with two attached hydrogens (primary N) is 1. The number of alkyl halides is 2. The third kappa shape index (κ3) is 3.26. The Hall–Kier alpha value is -2.24. The van der Waals surface area contributed by atoms with Gasteiger partial charge in [-0.3, -0.25) is 9.59 Å². The molecule has 27 heavy (non-hydrogen) atoms. The smallest absolute Gasteiger partial charge is 0.275 e. The van der Waals surface area contributed by atoms with E-state index in [0.717, 1.165) is 0 Å². The van der Waals surface area contributed by atoms with Crippen molar-refractivity contribution in [2.75, 3.05) is 13.1 Å². The molecule has 4 nitrogen and oxygen atoms in total. The molecule has 1 fully saturated rings. The zero-order chi connectivity index (χ0) is 20.2. The molecule has 1 heterocycles. The molecule has 146 valence electrons. The highest BCUT2D eigenvalue weighted by Crippen LogP contribution is 2.47. The van der Waals surface area contributed by atoms with Crippen molar-refractivity contribution in [2.45, 2.75) is 40.0 Å². The van der Waals surface area contributed by atoms with Crippen molar-refractivity contribution in [3.63, 3.8) is 0 Å². The summed E-state index contributed by atoms with van der Waals surface area (Å²) in [5.41, 5.74) is 5.63. The van der Waals surface area contributed by atoms with E-state index in [1.807, 2.05) is 13.8 Å². The van der Waals surface area contributed by atoms with Crippen LogP contribution < -0.4 is 5.73 Å². The summed E-state index contributed by atoms with van der Waals surface area (Å²) in [6.45, 7) is 7.63. The van der Waals surface area contributed by atoms with Gasteiger partial charge in [0.25, 0.3) is 11.8 Å². The van der Waals surface area contributed by atoms with Crippen molar-refractivity contribution in [3.8, 4) is 0 Å². The minimum atomic E-state index is -2.93. The highest BCUT2D eigenvalue weighted by atomic mass is 19.3. The fraction of sp³-hybridized carbons (Fsp3) is 0.524. The molecule has 1 aromatic rings. The minimum Gasteiger partial charge on any atom is -0.396 e. The molecule has 1 amide bonds. The molecule has 0 radical (unpaired) electrons. The Balaban J connectivity index is 1.72. The summed E-state index contributed by atoms with van der Waals surface area (Å²) in [7, 11) is 0. The van der Waals surface area contributed by atoms with Crippen LogP contribution in [0, 0.1) is 16.7 Å². The maximum Gasteiger partial charge on any atom is 0.275 e. The van der Waals surface area contributed by atoms with E-state index in [0.29, 0.717) is 25.1 Å². The van der Waals surface area contributed by atoms with Crippen LogP contribution in [0.2, 0.25) is 0 Å². The molecule has 0 aromatic heterocycles. The fourth-order valence-corrected chi connectivity index (χ4v) is 4.21. The van der Waals surface area contributed by atoms with E-state index in [4.69, 9.17) is 5.73 Å². The number of rotatable bonds is 3. The number of ketones is 1. The molecule has 2 N–H and O–H groups in total. The van der Waals surface area contributed by atoms with Gasteiger partial charge in [-0.1, -0.05) is 39.8 Å². The van der Waals surface area contributed by atoms with Gasteiger partial charge in [0, 0.05) is 41.0 Å². The number of benzene rings is 1. The Morgan fingerprint density at radius 1 is 1.19 bits per heavy atom. The maximum atomic E-state index is 14.1. The molecule has 0 saturated carbocycles. The van der Waals surface area contributed by atoms with Gasteiger partial charge in [-0.2, -0.15) is 0 Å². The molecule has 1 aliphatic carbocycles. The normalized spacial score (nSPS) is 21.2. The third-order valence-electron chi connectivity index (χ3n) is 5.67. The molecule has 3 rings (SSSR count). The lowest BCUT2D eigenvalue weighted by Crippen LogP contribution is -2.61. The van der Waals surface area contributed by atoms with Gasteiger partial charge < -0.3 is 10.6 Å². The summed E-state index contributed by atoms with van der Waals surface area (Å²) in [6.07, 6.45) is 2.43. The van der Waals surface area contributed by atoms with E-state index >= 15 is 0 Å². The van der Waals surface area contributed by atoms with Crippen molar-refractivity contribution >= 4 is 11.7 Å². The number of carbonyl (C=O) groups excluding carboxylic acids is 2. The average Bonchev–Trinajstić information content (AvgIpc) is 2.56. The molecular weight excluding hydrogens is 350 g/mol. The first kappa shape index (κ1) is 19.5. The molecular formula is C21H26F2N2O2. The lowest BCUT2D eigenvalue weighted by atomic mass is 9.62. The van der Waals surface area contributed by atoms with Gasteiger partial charge in [0.2, 0.25) is 0 Å². The largest absolute Gasteiger partial charge is 0.396 e. The van der Waals surface area contributed by atoms with Crippen molar-refractivity contribution in [2.24, 2.45) is 22.5 Å². The van der Waals surface area contributed by atoms with Crippen molar-refractivity contribution in [3.05, 3.63) is 47.2 Å². The Morgan fingerprint density at radius 3 is 2.22 bits per heavy atom. The fourth-order valence-electron chi connectivity index (χ4n) is 4.21. The third-order valence-corrected chi connectivity index (χ3v) is 5.67. The van der Waals surface area contributed by atoms with Crippen LogP contribution in [0.5, 0.6) is 0 Å². The van der Waals surface area contributed by atoms with E-state index in [1.54, 1.807) is 11.0 Å². The summed E-state index contributed by atoms with van der Waals surface area (Å²) >= 11 is 0. The summed E-state index contributed by atoms with van der Waals surface area (Å²) in [6, 6.07) is 5.56. The lowest BCUT2D eigenvalue weighted by Gasteiger charge is -2.53. The predicted octanol–water partition coefficient (Wildman–Crippen LogP) is 3.72. The standard InChI is InChI=1S/C21H26F2N2O2/c1-13(2)21(22,23)15-7-5-14(6-8-15)18(27)25-11-20(12-25)9-16(24)17(26)19(3,4)10-20/h5-9,13H,10-12,24H2,1-4H3. The van der Waals surface area contributed by atoms with Crippen LogP contribution in [0.15, 0.2) is 36.0 Å². The summed E-state index contributed by atoms with van der Waals surface area (Å²) in [5.74, 6) is -3.99. The average molecular weight is 376 g/mol. The SMILES string of the molecule is CC(C)C(F)(F)c1ccc(C(=O)N2CC3(C=C(N)C(=O)C(C)(C)C3)C2)cc1. The van der Waals surface area contributed by atoms with E-state index < -0.39 is 17.3 Å². The summed E-state index contributed by atoms with van der Waals surface area (Å²) in [4.78, 5) is 26.5. The van der Waals surface area contributed by atoms with Crippen LogP contribution in [-0.4, -0.2) is 29.7 Å². The first-order chi connectivity index (χ1) is 12.4. The number of amides is 1. The molecule has 6 heteroatoms. The highest BCUT2D eigenvalue weighted by Gasteiger charge is 2.51. The zero-order valence-corrected chi connectivity index (χ0v) is 16.2. The number of carbonyl (C=O) groups is 2. The Labute approximate surface area is 158 Å². The monoisotopic (exact) mass is 376 g/mol. The van der Waals surface area contributed by atoms with Crippen LogP contribution in [0.25, 0.3) is 0 Å². The zero-order valence-electron chi connectivity index (χ0n) is 16.2. The van der Waals surface area contributed by atoms with Crippen LogP contribution in [0.4, 0.5) is 8.78 Å². The Bertz CT molecular complexity index is 804. The number of nitrogens with zero attached hydrogens (tertiary/aromatic N) is 1. The van der Waals surface area contributed by atoms with E-state index in [9.17, 15) is 18.4 Å². The first-order valence-electron chi connectivity index (χ1n) is 9.19. The molecule has 0 bridgehead atoms. The second-order valence-corrected chi connectivity index (χ2v) is 8.87. The molecule has 0 atom stereocenters. The molecule has 2 aliphatic rings. The number of likely N-dealkylation sites (tertiary alicyclic amines) is 1. The number of hydrogen-bond acceptors (Lipinski definition) is 3. The van der Waals surface area contributed by atoms with Crippen LogP contribution in [0.3, 0.4) is 0 Å². The molecule has 0 unspecified atom stereocenters. The van der Waals surface area contributed by atoms with E-state index in [-0.39, 0.29) is 28.4 Å². The van der Waals surface area contributed by atoms with Gasteiger partial charge in [-0.25, -0.2) is 8.78 Å². The molecule has 1 saturated heterocycles. The van der Waals surface area contributed by atoms with Crippen LogP contribution >= 0.6 is 0 Å². The summed E-state index contributed by atoms with van der Waals surface area (Å²) < 4.78 is 28.2. The first-order valence-corrected chi connectivity index (χ1v) is 9.19. The second kappa shape index (κ2) is 6.14. The molecule has 1 aliphatic heterocycles. The number of hydrogen-bond donors (Lipinski definition) is 1. The van der Waals surface area contributed by atoms with Gasteiger partial charge in [0.1, 0.15) is 0 Å². The predicted molar refractivity (Wildman–Crippen MR) is 99.2 cm³/mol. The number of halogens is 2. The van der Waals surface area contributed by atoms with Gasteiger partial charge >= 0.3 is 0 Å². The molecule has 1 aromatic carbocycles. The number of allylic oxidation sites excluding steroid dienone is 1. The highest BCUT2D eigenvalue weighted by molar-refractivity contribution is 6.00. The van der Waals surface area contributed by atoms with Crippen molar-refractivity contribution < 1.29 is 18.4 Å². The van der Waals surface area contributed by atoms with Gasteiger partial charge in [-0.15, -0.1) is 0 Å². The van der Waals surface area contributed by atoms with Gasteiger partial charge in [0.15, 0.2) is 5.78 Å². The lowest BCUT2D eigenvalue weighted by molar-refractivity contribution is -0.127. The van der Waals surface area contributed by atoms with E-state index in [2.05, 4.69) is 0 Å². The van der Waals surface area contributed by atoms with Crippen LogP contribution in [0.1, 0.15) is 50.0 Å². The van der Waals surface area contributed by atoms with Gasteiger partial charge in [-0.05, 0) is 24.6 Å². The Morgan fingerprint density at radius 2 is 1.74 bits per heavy atom. The maximum absolute atomic E-state index is 14.1. The number of Topliss-reactive ketones (excluding diaryl/α,β-unsaturated/α-hetero) is 1. The van der Waals surface area contributed by atoms with Crippen molar-refractivity contribution in [1.82, 2.24) is 4.90 Å². The molecule has 1 spiro atoms. The topological polar surface area (TPSA) is 63.4 Å². The van der Waals surface area contributed by atoms with Gasteiger partial charge in [0.05, 0.1) is 5.70 Å². The second-order valence-electron chi connectivity index (χ2n) is 8.87.